The molecule has 17 heavy (non-hydrogen) atoms. The Labute approximate surface area is 111 Å². The van der Waals surface area contributed by atoms with E-state index in [1.165, 1.54) is 18.4 Å². The van der Waals surface area contributed by atoms with E-state index in [2.05, 4.69) is 20.7 Å². The molecule has 0 aliphatic carbocycles. The second-order valence-electron chi connectivity index (χ2n) is 3.47. The highest BCUT2D eigenvalue weighted by Gasteiger charge is 2.14. The van der Waals surface area contributed by atoms with Gasteiger partial charge < -0.3 is 4.74 Å². The van der Waals surface area contributed by atoms with E-state index in [0.717, 1.165) is 14.6 Å². The molecule has 0 fully saturated rings. The summed E-state index contributed by atoms with van der Waals surface area (Å²) in [4.78, 5) is 23.4. The highest BCUT2D eigenvalue weighted by molar-refractivity contribution is 9.10. The molecule has 5 heteroatoms. The molecule has 0 amide bonds. The topological polar surface area (TPSA) is 43.4 Å². The van der Waals surface area contributed by atoms with Crippen LogP contribution >= 0.6 is 27.3 Å². The zero-order valence-corrected chi connectivity index (χ0v) is 11.4. The number of hydrogen-bond donors (Lipinski definition) is 0. The molecule has 0 aliphatic heterocycles. The quantitative estimate of drug-likeness (QED) is 0.495. The molecule has 2 rings (SSSR count). The van der Waals surface area contributed by atoms with Crippen LogP contribution in [-0.4, -0.2) is 18.9 Å². The van der Waals surface area contributed by atoms with E-state index in [9.17, 15) is 9.59 Å². The van der Waals surface area contributed by atoms with Gasteiger partial charge in [-0.2, -0.15) is 0 Å². The fraction of sp³-hybridized carbons (Fsp3) is 0.167. The fourth-order valence-corrected chi connectivity index (χ4v) is 2.98. The summed E-state index contributed by atoms with van der Waals surface area (Å²) in [5, 5.41) is 1.01. The molecule has 0 radical (unpaired) electrons. The molecule has 0 bridgehead atoms. The first-order valence-electron chi connectivity index (χ1n) is 4.89. The van der Waals surface area contributed by atoms with Gasteiger partial charge in [-0.3, -0.25) is 9.59 Å². The zero-order chi connectivity index (χ0) is 12.4. The van der Waals surface area contributed by atoms with Gasteiger partial charge in [0.2, 0.25) is 0 Å². The lowest BCUT2D eigenvalue weighted by molar-refractivity contribution is -0.139. The van der Waals surface area contributed by atoms with Gasteiger partial charge in [-0.1, -0.05) is 22.0 Å². The van der Waals surface area contributed by atoms with Gasteiger partial charge in [0.1, 0.15) is 6.42 Å². The van der Waals surface area contributed by atoms with Crippen molar-refractivity contribution in [2.24, 2.45) is 0 Å². The number of carbonyl (C=O) groups excluding carboxylic acids is 2. The van der Waals surface area contributed by atoms with Crippen molar-refractivity contribution in [2.75, 3.05) is 7.11 Å². The van der Waals surface area contributed by atoms with Crippen LogP contribution in [0.15, 0.2) is 28.7 Å². The summed E-state index contributed by atoms with van der Waals surface area (Å²) in [6, 6.07) is 7.61. The lowest BCUT2D eigenvalue weighted by Gasteiger charge is -1.95. The smallest absolute Gasteiger partial charge is 0.313 e. The van der Waals surface area contributed by atoms with Crippen LogP contribution in [0.25, 0.3) is 10.1 Å². The average molecular weight is 313 g/mol. The van der Waals surface area contributed by atoms with Crippen LogP contribution < -0.4 is 0 Å². The number of ketones is 1. The number of benzene rings is 1. The molecule has 1 heterocycles. The molecule has 2 aromatic rings. The standard InChI is InChI=1S/C12H9BrO3S/c1-16-12(15)6-9(14)11-4-7-2-3-8(13)5-10(7)17-11/h2-5H,6H2,1H3. The van der Waals surface area contributed by atoms with E-state index in [-0.39, 0.29) is 12.2 Å². The molecule has 0 aliphatic rings. The molecule has 0 atom stereocenters. The van der Waals surface area contributed by atoms with Crippen LogP contribution in [0.4, 0.5) is 0 Å². The van der Waals surface area contributed by atoms with Gasteiger partial charge in [-0.05, 0) is 23.6 Å². The highest BCUT2D eigenvalue weighted by Crippen LogP contribution is 2.29. The number of rotatable bonds is 3. The van der Waals surface area contributed by atoms with Crippen LogP contribution in [0.3, 0.4) is 0 Å². The summed E-state index contributed by atoms with van der Waals surface area (Å²) < 4.78 is 6.46. The third kappa shape index (κ3) is 2.73. The number of fused-ring (bicyclic) bond motifs is 1. The Hall–Kier alpha value is -1.20. The van der Waals surface area contributed by atoms with Gasteiger partial charge in [0.15, 0.2) is 5.78 Å². The normalized spacial score (nSPS) is 10.5. The molecule has 0 saturated carbocycles. The second-order valence-corrected chi connectivity index (χ2v) is 5.47. The van der Waals surface area contributed by atoms with Gasteiger partial charge in [-0.25, -0.2) is 0 Å². The summed E-state index contributed by atoms with van der Waals surface area (Å²) in [7, 11) is 1.28. The summed E-state index contributed by atoms with van der Waals surface area (Å²) in [5.41, 5.74) is 0. The summed E-state index contributed by atoms with van der Waals surface area (Å²) in [5.74, 6) is -0.706. The number of thiophene rings is 1. The lowest BCUT2D eigenvalue weighted by Crippen LogP contribution is -2.07. The first-order valence-corrected chi connectivity index (χ1v) is 6.50. The van der Waals surface area contributed by atoms with Crippen LogP contribution in [-0.2, 0) is 9.53 Å². The number of carbonyl (C=O) groups is 2. The average Bonchev–Trinajstić information content (AvgIpc) is 2.71. The van der Waals surface area contributed by atoms with Crippen molar-refractivity contribution in [2.45, 2.75) is 6.42 Å². The van der Waals surface area contributed by atoms with Crippen molar-refractivity contribution in [1.82, 2.24) is 0 Å². The van der Waals surface area contributed by atoms with Gasteiger partial charge in [-0.15, -0.1) is 11.3 Å². The number of ether oxygens (including phenoxy) is 1. The molecule has 1 aromatic carbocycles. The van der Waals surface area contributed by atoms with Crippen molar-refractivity contribution in [3.05, 3.63) is 33.6 Å². The molecular formula is C12H9BrO3S. The summed E-state index contributed by atoms with van der Waals surface area (Å²) >= 11 is 4.76. The zero-order valence-electron chi connectivity index (χ0n) is 9.03. The molecule has 3 nitrogen and oxygen atoms in total. The molecule has 88 valence electrons. The number of methoxy groups -OCH3 is 1. The van der Waals surface area contributed by atoms with E-state index >= 15 is 0 Å². The van der Waals surface area contributed by atoms with Gasteiger partial charge in [0.05, 0.1) is 12.0 Å². The Morgan fingerprint density at radius 1 is 1.35 bits per heavy atom. The van der Waals surface area contributed by atoms with Crippen LogP contribution in [0.2, 0.25) is 0 Å². The first kappa shape index (κ1) is 12.3. The highest BCUT2D eigenvalue weighted by atomic mass is 79.9. The van der Waals surface area contributed by atoms with Crippen LogP contribution in [0.1, 0.15) is 16.1 Å². The molecular weight excluding hydrogens is 304 g/mol. The monoisotopic (exact) mass is 312 g/mol. The van der Waals surface area contributed by atoms with E-state index in [1.807, 2.05) is 18.2 Å². The number of esters is 1. The molecule has 0 unspecified atom stereocenters. The van der Waals surface area contributed by atoms with E-state index in [0.29, 0.717) is 4.88 Å². The Bertz CT molecular complexity index is 588. The van der Waals surface area contributed by atoms with Crippen LogP contribution in [0.5, 0.6) is 0 Å². The van der Waals surface area contributed by atoms with Crippen molar-refractivity contribution in [3.8, 4) is 0 Å². The maximum atomic E-state index is 11.8. The first-order chi connectivity index (χ1) is 8.10. The van der Waals surface area contributed by atoms with Gasteiger partial charge in [0.25, 0.3) is 0 Å². The predicted molar refractivity (Wildman–Crippen MR) is 70.5 cm³/mol. The number of halogens is 1. The van der Waals surface area contributed by atoms with Crippen molar-refractivity contribution >= 4 is 49.1 Å². The van der Waals surface area contributed by atoms with Gasteiger partial charge in [0, 0.05) is 9.17 Å². The molecule has 0 spiro atoms. The third-order valence-corrected chi connectivity index (χ3v) is 3.92. The fourth-order valence-electron chi connectivity index (χ4n) is 1.43. The predicted octanol–water partition coefficient (Wildman–Crippen LogP) is 3.41. The van der Waals surface area contributed by atoms with Crippen LogP contribution in [0, 0.1) is 0 Å². The Morgan fingerprint density at radius 2 is 2.12 bits per heavy atom. The minimum atomic E-state index is -0.506. The third-order valence-electron chi connectivity index (χ3n) is 2.29. The minimum absolute atomic E-state index is 0.200. The van der Waals surface area contributed by atoms with E-state index in [1.54, 1.807) is 6.07 Å². The van der Waals surface area contributed by atoms with Crippen molar-refractivity contribution in [1.29, 1.82) is 0 Å². The Balaban J connectivity index is 2.30. The molecule has 1 aromatic heterocycles. The Morgan fingerprint density at radius 3 is 2.82 bits per heavy atom. The molecule has 0 N–H and O–H groups in total. The number of Topliss-reactive ketones (excluding diaryl/α,β-unsaturated/α-hetero) is 1. The van der Waals surface area contributed by atoms with Crippen molar-refractivity contribution in [3.63, 3.8) is 0 Å². The maximum Gasteiger partial charge on any atom is 0.313 e. The lowest BCUT2D eigenvalue weighted by atomic mass is 10.2. The van der Waals surface area contributed by atoms with E-state index in [4.69, 9.17) is 0 Å². The largest absolute Gasteiger partial charge is 0.469 e. The number of hydrogen-bond acceptors (Lipinski definition) is 4. The second kappa shape index (κ2) is 4.98. The maximum absolute atomic E-state index is 11.8. The molecule has 0 saturated heterocycles. The summed E-state index contributed by atoms with van der Waals surface area (Å²) in [6.07, 6.45) is -0.204. The van der Waals surface area contributed by atoms with Gasteiger partial charge >= 0.3 is 5.97 Å². The van der Waals surface area contributed by atoms with E-state index < -0.39 is 5.97 Å². The van der Waals surface area contributed by atoms with Crippen molar-refractivity contribution < 1.29 is 14.3 Å². The minimum Gasteiger partial charge on any atom is -0.469 e. The summed E-state index contributed by atoms with van der Waals surface area (Å²) in [6.45, 7) is 0. The SMILES string of the molecule is COC(=O)CC(=O)c1cc2ccc(Br)cc2s1. The Kier molecular flexibility index (Phi) is 3.59.